The second-order valence-corrected chi connectivity index (χ2v) is 10.9. The standard InChI is InChI=1S/C22H26N4O3S2/c1-16-7-4-9-18(13-16)26-21(23-24-22(26)30-15-19-10-6-12-29-19)17-8-5-11-20(14-17)31(27,28)25(2)3/h4-5,7-9,11,13-14,19H,6,10,12,15H2,1-3H3. The molecule has 9 heteroatoms. The monoisotopic (exact) mass is 458 g/mol. The number of thioether (sulfide) groups is 1. The van der Waals surface area contributed by atoms with Gasteiger partial charge in [0.15, 0.2) is 11.0 Å². The summed E-state index contributed by atoms with van der Waals surface area (Å²) in [7, 11) is -0.502. The number of nitrogens with zero attached hydrogens (tertiary/aromatic N) is 4. The average Bonchev–Trinajstić information content (AvgIpc) is 3.42. The number of aromatic nitrogens is 3. The van der Waals surface area contributed by atoms with Crippen molar-refractivity contribution < 1.29 is 13.2 Å². The molecule has 2 aromatic carbocycles. The van der Waals surface area contributed by atoms with Gasteiger partial charge in [0, 0.05) is 37.7 Å². The van der Waals surface area contributed by atoms with Crippen LogP contribution in [0.25, 0.3) is 17.1 Å². The van der Waals surface area contributed by atoms with Crippen molar-refractivity contribution >= 4 is 21.8 Å². The Balaban J connectivity index is 1.77. The van der Waals surface area contributed by atoms with Gasteiger partial charge in [-0.2, -0.15) is 0 Å². The molecule has 0 spiro atoms. The van der Waals surface area contributed by atoms with Crippen LogP contribution in [0.2, 0.25) is 0 Å². The zero-order valence-electron chi connectivity index (χ0n) is 17.9. The molecule has 164 valence electrons. The minimum Gasteiger partial charge on any atom is -0.377 e. The molecule has 0 N–H and O–H groups in total. The van der Waals surface area contributed by atoms with E-state index in [9.17, 15) is 8.42 Å². The predicted molar refractivity (Wildman–Crippen MR) is 122 cm³/mol. The van der Waals surface area contributed by atoms with Crippen LogP contribution in [0.15, 0.2) is 58.6 Å². The minimum atomic E-state index is -3.55. The minimum absolute atomic E-state index is 0.224. The number of hydrogen-bond acceptors (Lipinski definition) is 6. The average molecular weight is 459 g/mol. The molecule has 1 fully saturated rings. The molecule has 1 aromatic heterocycles. The van der Waals surface area contributed by atoms with Gasteiger partial charge in [-0.05, 0) is 49.6 Å². The topological polar surface area (TPSA) is 77.3 Å². The zero-order valence-corrected chi connectivity index (χ0v) is 19.5. The van der Waals surface area contributed by atoms with E-state index < -0.39 is 10.0 Å². The molecular formula is C22H26N4O3S2. The molecule has 0 amide bonds. The van der Waals surface area contributed by atoms with Gasteiger partial charge >= 0.3 is 0 Å². The van der Waals surface area contributed by atoms with Gasteiger partial charge in [0.1, 0.15) is 0 Å². The lowest BCUT2D eigenvalue weighted by molar-refractivity contribution is 0.129. The van der Waals surface area contributed by atoms with Gasteiger partial charge in [0.2, 0.25) is 10.0 Å². The Hall–Kier alpha value is -2.20. The lowest BCUT2D eigenvalue weighted by Gasteiger charge is -2.14. The molecule has 1 atom stereocenters. The first-order chi connectivity index (χ1) is 14.9. The Morgan fingerprint density at radius 2 is 1.97 bits per heavy atom. The number of ether oxygens (including phenoxy) is 1. The maximum Gasteiger partial charge on any atom is 0.242 e. The molecule has 1 saturated heterocycles. The van der Waals surface area contributed by atoms with E-state index in [2.05, 4.69) is 16.3 Å². The summed E-state index contributed by atoms with van der Waals surface area (Å²) in [4.78, 5) is 0.224. The smallest absolute Gasteiger partial charge is 0.242 e. The number of benzene rings is 2. The Morgan fingerprint density at radius 3 is 2.68 bits per heavy atom. The van der Waals surface area contributed by atoms with Crippen molar-refractivity contribution in [2.45, 2.75) is 35.9 Å². The van der Waals surface area contributed by atoms with Crippen molar-refractivity contribution in [3.05, 3.63) is 54.1 Å². The summed E-state index contributed by atoms with van der Waals surface area (Å²) < 4.78 is 34.2. The molecule has 1 aliphatic heterocycles. The van der Waals surface area contributed by atoms with E-state index in [1.54, 1.807) is 30.0 Å². The van der Waals surface area contributed by atoms with Crippen LogP contribution in [0.4, 0.5) is 0 Å². The molecule has 1 unspecified atom stereocenters. The molecule has 2 heterocycles. The largest absolute Gasteiger partial charge is 0.377 e. The zero-order chi connectivity index (χ0) is 22.0. The van der Waals surface area contributed by atoms with E-state index in [0.717, 1.165) is 41.6 Å². The third-order valence-electron chi connectivity index (χ3n) is 5.19. The van der Waals surface area contributed by atoms with E-state index in [4.69, 9.17) is 4.74 Å². The highest BCUT2D eigenvalue weighted by molar-refractivity contribution is 7.99. The first kappa shape index (κ1) is 22.0. The molecule has 3 aromatic rings. The molecule has 0 saturated carbocycles. The molecule has 7 nitrogen and oxygen atoms in total. The first-order valence-corrected chi connectivity index (χ1v) is 12.6. The van der Waals surface area contributed by atoms with Gasteiger partial charge in [-0.15, -0.1) is 10.2 Å². The van der Waals surface area contributed by atoms with Gasteiger partial charge in [0.25, 0.3) is 0 Å². The van der Waals surface area contributed by atoms with Crippen LogP contribution in [-0.4, -0.2) is 60.0 Å². The third kappa shape index (κ3) is 4.69. The molecule has 0 aliphatic carbocycles. The van der Waals surface area contributed by atoms with Crippen LogP contribution >= 0.6 is 11.8 Å². The van der Waals surface area contributed by atoms with Crippen molar-refractivity contribution in [3.8, 4) is 17.1 Å². The van der Waals surface area contributed by atoms with E-state index in [0.29, 0.717) is 11.4 Å². The Kier molecular flexibility index (Phi) is 6.47. The van der Waals surface area contributed by atoms with E-state index in [1.165, 1.54) is 18.4 Å². The Bertz CT molecular complexity index is 1170. The molecule has 1 aliphatic rings. The van der Waals surface area contributed by atoms with Crippen LogP contribution in [-0.2, 0) is 14.8 Å². The maximum absolute atomic E-state index is 12.6. The van der Waals surface area contributed by atoms with Crippen molar-refractivity contribution in [2.75, 3.05) is 26.5 Å². The fourth-order valence-electron chi connectivity index (χ4n) is 3.50. The van der Waals surface area contributed by atoms with Gasteiger partial charge in [-0.25, -0.2) is 12.7 Å². The van der Waals surface area contributed by atoms with E-state index in [1.807, 2.05) is 35.8 Å². The summed E-state index contributed by atoms with van der Waals surface area (Å²) in [5.41, 5.74) is 2.76. The summed E-state index contributed by atoms with van der Waals surface area (Å²) in [5.74, 6) is 1.41. The SMILES string of the molecule is Cc1cccc(-n2c(SCC3CCCO3)nnc2-c2cccc(S(=O)(=O)N(C)C)c2)c1. The third-order valence-corrected chi connectivity index (χ3v) is 8.06. The molecular weight excluding hydrogens is 432 g/mol. The van der Waals surface area contributed by atoms with E-state index >= 15 is 0 Å². The van der Waals surface area contributed by atoms with Crippen LogP contribution in [0, 0.1) is 6.92 Å². The molecule has 31 heavy (non-hydrogen) atoms. The second-order valence-electron chi connectivity index (χ2n) is 7.74. The van der Waals surface area contributed by atoms with Gasteiger partial charge in [-0.1, -0.05) is 36.0 Å². The second kappa shape index (κ2) is 9.12. The summed E-state index contributed by atoms with van der Waals surface area (Å²) >= 11 is 1.61. The van der Waals surface area contributed by atoms with Gasteiger partial charge < -0.3 is 4.74 Å². The van der Waals surface area contributed by atoms with Crippen molar-refractivity contribution in [2.24, 2.45) is 0 Å². The van der Waals surface area contributed by atoms with Gasteiger partial charge in [0.05, 0.1) is 11.0 Å². The summed E-state index contributed by atoms with van der Waals surface area (Å²) in [6, 6.07) is 15.0. The number of aryl methyl sites for hydroxylation is 1. The van der Waals surface area contributed by atoms with Crippen LogP contribution in [0.3, 0.4) is 0 Å². The highest BCUT2D eigenvalue weighted by atomic mass is 32.2. The Labute approximate surface area is 187 Å². The van der Waals surface area contributed by atoms with Crippen LogP contribution in [0.5, 0.6) is 0 Å². The van der Waals surface area contributed by atoms with Gasteiger partial charge in [-0.3, -0.25) is 4.57 Å². The number of rotatable bonds is 7. The fraction of sp³-hybridized carbons (Fsp3) is 0.364. The first-order valence-electron chi connectivity index (χ1n) is 10.2. The normalized spacial score (nSPS) is 16.8. The lowest BCUT2D eigenvalue weighted by Crippen LogP contribution is -2.22. The fourth-order valence-corrected chi connectivity index (χ4v) is 5.47. The highest BCUT2D eigenvalue weighted by Gasteiger charge is 2.22. The van der Waals surface area contributed by atoms with E-state index in [-0.39, 0.29) is 11.0 Å². The molecule has 4 rings (SSSR count). The number of sulfonamides is 1. The van der Waals surface area contributed by atoms with Crippen molar-refractivity contribution in [3.63, 3.8) is 0 Å². The Morgan fingerprint density at radius 1 is 1.16 bits per heavy atom. The predicted octanol–water partition coefficient (Wildman–Crippen LogP) is 3.76. The lowest BCUT2D eigenvalue weighted by atomic mass is 10.2. The summed E-state index contributed by atoms with van der Waals surface area (Å²) in [6.45, 7) is 2.85. The quantitative estimate of drug-likeness (QED) is 0.502. The van der Waals surface area contributed by atoms with Crippen LogP contribution in [0.1, 0.15) is 18.4 Å². The summed E-state index contributed by atoms with van der Waals surface area (Å²) in [5, 5.41) is 9.66. The number of hydrogen-bond donors (Lipinski definition) is 0. The maximum atomic E-state index is 12.6. The molecule has 0 bridgehead atoms. The van der Waals surface area contributed by atoms with Crippen molar-refractivity contribution in [1.82, 2.24) is 19.1 Å². The van der Waals surface area contributed by atoms with Crippen LogP contribution < -0.4 is 0 Å². The summed E-state index contributed by atoms with van der Waals surface area (Å²) in [6.07, 6.45) is 2.38. The van der Waals surface area contributed by atoms with Crippen molar-refractivity contribution in [1.29, 1.82) is 0 Å². The molecule has 0 radical (unpaired) electrons. The highest BCUT2D eigenvalue weighted by Crippen LogP contribution is 2.31.